The zero-order chi connectivity index (χ0) is 11.2. The molecule has 0 bridgehead atoms. The summed E-state index contributed by atoms with van der Waals surface area (Å²) in [5.41, 5.74) is 1.31. The van der Waals surface area contributed by atoms with Crippen LogP contribution < -0.4 is 10.1 Å². The molecule has 2 nitrogen and oxygen atoms in total. The molecule has 96 valence electrons. The van der Waals surface area contributed by atoms with Crippen LogP contribution in [0.4, 0.5) is 0 Å². The van der Waals surface area contributed by atoms with Gasteiger partial charge >= 0.3 is 0 Å². The van der Waals surface area contributed by atoms with Crippen LogP contribution in [0, 0.1) is 0 Å². The van der Waals surface area contributed by atoms with Gasteiger partial charge in [0.05, 0.1) is 7.11 Å². The Morgan fingerprint density at radius 2 is 2.00 bits per heavy atom. The summed E-state index contributed by atoms with van der Waals surface area (Å²) in [5, 5.41) is 3.63. The number of rotatable bonds is 4. The molecule has 1 fully saturated rings. The lowest BCUT2D eigenvalue weighted by Gasteiger charge is -2.22. The quantitative estimate of drug-likeness (QED) is 0.889. The molecular weight excluding hydrogens is 234 g/mol. The van der Waals surface area contributed by atoms with Gasteiger partial charge in [-0.3, -0.25) is 0 Å². The monoisotopic (exact) mass is 255 g/mol. The van der Waals surface area contributed by atoms with E-state index in [0.29, 0.717) is 0 Å². The van der Waals surface area contributed by atoms with E-state index in [1.54, 1.807) is 7.11 Å². The zero-order valence-corrected chi connectivity index (χ0v) is 11.3. The highest BCUT2D eigenvalue weighted by atomic mass is 35.5. The molecule has 0 heterocycles. The predicted molar refractivity (Wildman–Crippen MR) is 74.0 cm³/mol. The molecule has 1 N–H and O–H groups in total. The van der Waals surface area contributed by atoms with Crippen molar-refractivity contribution in [3.05, 3.63) is 29.8 Å². The van der Waals surface area contributed by atoms with Crippen LogP contribution in [0.1, 0.15) is 37.7 Å². The third-order valence-electron chi connectivity index (χ3n) is 3.33. The second kappa shape index (κ2) is 7.57. The molecule has 0 amide bonds. The number of benzene rings is 1. The average Bonchev–Trinajstić information content (AvgIpc) is 2.38. The highest BCUT2D eigenvalue weighted by molar-refractivity contribution is 5.85. The third-order valence-corrected chi connectivity index (χ3v) is 3.33. The minimum absolute atomic E-state index is 0. The van der Waals surface area contributed by atoms with Crippen molar-refractivity contribution >= 4 is 12.4 Å². The van der Waals surface area contributed by atoms with Crippen molar-refractivity contribution in [1.29, 1.82) is 0 Å². The fourth-order valence-electron chi connectivity index (χ4n) is 2.35. The molecule has 0 aliphatic heterocycles. The second-order valence-electron chi connectivity index (χ2n) is 4.57. The van der Waals surface area contributed by atoms with E-state index in [-0.39, 0.29) is 12.4 Å². The van der Waals surface area contributed by atoms with Crippen molar-refractivity contribution in [3.8, 4) is 5.75 Å². The summed E-state index contributed by atoms with van der Waals surface area (Å²) in [7, 11) is 1.72. The van der Waals surface area contributed by atoms with Crippen LogP contribution >= 0.6 is 12.4 Å². The first-order valence-electron chi connectivity index (χ1n) is 6.25. The molecule has 17 heavy (non-hydrogen) atoms. The number of hydrogen-bond acceptors (Lipinski definition) is 2. The van der Waals surface area contributed by atoms with Gasteiger partial charge in [-0.25, -0.2) is 0 Å². The Morgan fingerprint density at radius 3 is 2.71 bits per heavy atom. The Morgan fingerprint density at radius 1 is 1.24 bits per heavy atom. The SMILES string of the molecule is COc1cccc(CNC2CCCCC2)c1.Cl. The Bertz CT molecular complexity index is 324. The van der Waals surface area contributed by atoms with E-state index in [9.17, 15) is 0 Å². The van der Waals surface area contributed by atoms with Crippen molar-refractivity contribution < 1.29 is 4.74 Å². The highest BCUT2D eigenvalue weighted by Gasteiger charge is 2.12. The van der Waals surface area contributed by atoms with E-state index in [1.807, 2.05) is 6.07 Å². The van der Waals surface area contributed by atoms with Crippen molar-refractivity contribution in [2.45, 2.75) is 44.7 Å². The highest BCUT2D eigenvalue weighted by Crippen LogP contribution is 2.18. The number of ether oxygens (including phenoxy) is 1. The summed E-state index contributed by atoms with van der Waals surface area (Å²) in [6.45, 7) is 0.960. The molecule has 1 aliphatic carbocycles. The molecule has 1 aliphatic rings. The van der Waals surface area contributed by atoms with Gasteiger partial charge in [0.15, 0.2) is 0 Å². The van der Waals surface area contributed by atoms with Gasteiger partial charge in [-0.1, -0.05) is 31.4 Å². The van der Waals surface area contributed by atoms with Crippen LogP contribution in [0.3, 0.4) is 0 Å². The summed E-state index contributed by atoms with van der Waals surface area (Å²) in [4.78, 5) is 0. The molecule has 0 spiro atoms. The van der Waals surface area contributed by atoms with Crippen LogP contribution in [0.15, 0.2) is 24.3 Å². The van der Waals surface area contributed by atoms with Gasteiger partial charge < -0.3 is 10.1 Å². The zero-order valence-electron chi connectivity index (χ0n) is 10.4. The number of hydrogen-bond donors (Lipinski definition) is 1. The molecule has 0 radical (unpaired) electrons. The Labute approximate surface area is 110 Å². The maximum Gasteiger partial charge on any atom is 0.119 e. The minimum atomic E-state index is 0. The molecule has 0 atom stereocenters. The summed E-state index contributed by atoms with van der Waals surface area (Å²) < 4.78 is 5.22. The van der Waals surface area contributed by atoms with Crippen LogP contribution in [0.2, 0.25) is 0 Å². The van der Waals surface area contributed by atoms with Gasteiger partial charge in [0.25, 0.3) is 0 Å². The first-order chi connectivity index (χ1) is 7.88. The first kappa shape index (κ1) is 14.3. The summed E-state index contributed by atoms with van der Waals surface area (Å²) in [6, 6.07) is 9.02. The molecule has 1 aromatic rings. The first-order valence-corrected chi connectivity index (χ1v) is 6.25. The molecule has 3 heteroatoms. The topological polar surface area (TPSA) is 21.3 Å². The van der Waals surface area contributed by atoms with Crippen molar-refractivity contribution in [1.82, 2.24) is 5.32 Å². The van der Waals surface area contributed by atoms with E-state index < -0.39 is 0 Å². The Hall–Kier alpha value is -0.730. The molecule has 2 rings (SSSR count). The van der Waals surface area contributed by atoms with Gasteiger partial charge in [0.2, 0.25) is 0 Å². The van der Waals surface area contributed by atoms with Crippen molar-refractivity contribution in [2.75, 3.05) is 7.11 Å². The van der Waals surface area contributed by atoms with Crippen LogP contribution in [0.5, 0.6) is 5.75 Å². The number of halogens is 1. The van der Waals surface area contributed by atoms with E-state index in [1.165, 1.54) is 37.7 Å². The van der Waals surface area contributed by atoms with Gasteiger partial charge in [-0.2, -0.15) is 0 Å². The summed E-state index contributed by atoms with van der Waals surface area (Å²) in [6.07, 6.45) is 6.86. The van der Waals surface area contributed by atoms with Crippen molar-refractivity contribution in [3.63, 3.8) is 0 Å². The smallest absolute Gasteiger partial charge is 0.119 e. The Kier molecular flexibility index (Phi) is 6.38. The lowest BCUT2D eigenvalue weighted by atomic mass is 9.95. The van der Waals surface area contributed by atoms with Crippen LogP contribution in [-0.2, 0) is 6.54 Å². The maximum absolute atomic E-state index is 5.22. The lowest BCUT2D eigenvalue weighted by molar-refractivity contribution is 0.371. The molecular formula is C14H22ClNO. The summed E-state index contributed by atoms with van der Waals surface area (Å²) >= 11 is 0. The van der Waals surface area contributed by atoms with E-state index in [2.05, 4.69) is 23.5 Å². The van der Waals surface area contributed by atoms with Crippen molar-refractivity contribution in [2.24, 2.45) is 0 Å². The van der Waals surface area contributed by atoms with E-state index in [4.69, 9.17) is 4.74 Å². The fraction of sp³-hybridized carbons (Fsp3) is 0.571. The van der Waals surface area contributed by atoms with Gasteiger partial charge in [0, 0.05) is 12.6 Å². The lowest BCUT2D eigenvalue weighted by Crippen LogP contribution is -2.30. The molecule has 0 unspecified atom stereocenters. The molecule has 0 saturated heterocycles. The van der Waals surface area contributed by atoms with Crippen LogP contribution in [0.25, 0.3) is 0 Å². The second-order valence-corrected chi connectivity index (χ2v) is 4.57. The average molecular weight is 256 g/mol. The third kappa shape index (κ3) is 4.57. The molecule has 1 saturated carbocycles. The normalized spacial score (nSPS) is 16.3. The molecule has 1 aromatic carbocycles. The number of methoxy groups -OCH3 is 1. The molecule has 0 aromatic heterocycles. The van der Waals surface area contributed by atoms with Gasteiger partial charge in [0.1, 0.15) is 5.75 Å². The van der Waals surface area contributed by atoms with E-state index in [0.717, 1.165) is 18.3 Å². The predicted octanol–water partition coefficient (Wildman–Crippen LogP) is 3.54. The van der Waals surface area contributed by atoms with Gasteiger partial charge in [-0.15, -0.1) is 12.4 Å². The maximum atomic E-state index is 5.22. The van der Waals surface area contributed by atoms with Crippen LogP contribution in [-0.4, -0.2) is 13.2 Å². The fourth-order valence-corrected chi connectivity index (χ4v) is 2.35. The van der Waals surface area contributed by atoms with Gasteiger partial charge in [-0.05, 0) is 30.5 Å². The van der Waals surface area contributed by atoms with E-state index >= 15 is 0 Å². The largest absolute Gasteiger partial charge is 0.497 e. The number of nitrogens with one attached hydrogen (secondary N) is 1. The Balaban J connectivity index is 0.00000144. The minimum Gasteiger partial charge on any atom is -0.497 e. The summed E-state index contributed by atoms with van der Waals surface area (Å²) in [5.74, 6) is 0.947. The standard InChI is InChI=1S/C14H21NO.ClH/c1-16-14-9-5-6-12(10-14)11-15-13-7-3-2-4-8-13;/h5-6,9-10,13,15H,2-4,7-8,11H2,1H3;1H.